The lowest BCUT2D eigenvalue weighted by Gasteiger charge is -2.31. The molecule has 4 rings (SSSR count). The van der Waals surface area contributed by atoms with Crippen molar-refractivity contribution in [3.8, 4) is 0 Å². The van der Waals surface area contributed by atoms with E-state index in [1.165, 1.54) is 10.8 Å². The van der Waals surface area contributed by atoms with Crippen LogP contribution in [-0.4, -0.2) is 65.5 Å². The molecule has 2 aromatic heterocycles. The molecule has 0 spiro atoms. The Hall–Kier alpha value is -2.27. The van der Waals surface area contributed by atoms with E-state index in [1.54, 1.807) is 39.8 Å². The van der Waals surface area contributed by atoms with Gasteiger partial charge in [0.2, 0.25) is 0 Å². The second-order valence-corrected chi connectivity index (χ2v) is 8.13. The minimum Gasteiger partial charge on any atom is -0.444 e. The summed E-state index contributed by atoms with van der Waals surface area (Å²) in [6, 6.07) is 3.32. The number of nitrogens with zero attached hydrogens (tertiary/aromatic N) is 3. The third kappa shape index (κ3) is 2.52. The van der Waals surface area contributed by atoms with Gasteiger partial charge in [0.05, 0.1) is 5.69 Å². The Morgan fingerprint density at radius 1 is 1.37 bits per heavy atom. The van der Waals surface area contributed by atoms with Crippen molar-refractivity contribution in [1.29, 1.82) is 0 Å². The highest BCUT2D eigenvalue weighted by molar-refractivity contribution is 5.89. The van der Waals surface area contributed by atoms with Crippen molar-refractivity contribution in [3.05, 3.63) is 24.2 Å². The van der Waals surface area contributed by atoms with Crippen LogP contribution in [0.4, 0.5) is 10.6 Å². The molecule has 0 bridgehead atoms. The van der Waals surface area contributed by atoms with Crippen molar-refractivity contribution >= 4 is 17.4 Å². The van der Waals surface area contributed by atoms with Crippen LogP contribution in [0.2, 0.25) is 0 Å². The zero-order chi connectivity index (χ0) is 19.8. The summed E-state index contributed by atoms with van der Waals surface area (Å²) in [5.41, 5.74) is -2.73. The highest BCUT2D eigenvalue weighted by Gasteiger charge is 2.80. The fourth-order valence-corrected chi connectivity index (χ4v) is 3.60. The number of aliphatic hydroxyl groups excluding tert-OH is 2. The molecule has 1 aliphatic carbocycles. The second kappa shape index (κ2) is 5.38. The van der Waals surface area contributed by atoms with Gasteiger partial charge >= 0.3 is 6.09 Å². The molecule has 1 saturated carbocycles. The van der Waals surface area contributed by atoms with Crippen molar-refractivity contribution in [1.82, 2.24) is 14.6 Å². The third-order valence-corrected chi connectivity index (χ3v) is 5.02. The molecule has 27 heavy (non-hydrogen) atoms. The van der Waals surface area contributed by atoms with Crippen molar-refractivity contribution in [3.63, 3.8) is 0 Å². The summed E-state index contributed by atoms with van der Waals surface area (Å²) in [5.74, 6) is 0.227. The molecule has 1 saturated heterocycles. The lowest BCUT2D eigenvalue weighted by molar-refractivity contribution is -0.127. The topological polar surface area (TPSA) is 138 Å². The number of aromatic nitrogens is 3. The van der Waals surface area contributed by atoms with Crippen LogP contribution < -0.4 is 5.32 Å². The quantitative estimate of drug-likeness (QED) is 0.580. The number of anilines is 1. The van der Waals surface area contributed by atoms with Crippen molar-refractivity contribution < 1.29 is 29.6 Å². The lowest BCUT2D eigenvalue weighted by Crippen LogP contribution is -2.46. The van der Waals surface area contributed by atoms with Gasteiger partial charge in [-0.3, -0.25) is 5.32 Å². The Morgan fingerprint density at radius 3 is 2.67 bits per heavy atom. The summed E-state index contributed by atoms with van der Waals surface area (Å²) in [4.78, 5) is 16.1. The first kappa shape index (κ1) is 18.1. The summed E-state index contributed by atoms with van der Waals surface area (Å²) in [6.45, 7) is 6.87. The normalized spacial score (nSPS) is 35.1. The van der Waals surface area contributed by atoms with Gasteiger partial charge in [0, 0.05) is 0 Å². The first-order chi connectivity index (χ1) is 12.5. The highest BCUT2D eigenvalue weighted by Crippen LogP contribution is 2.57. The number of amides is 1. The number of fused-ring (bicyclic) bond motifs is 2. The monoisotopic (exact) mass is 378 g/mol. The number of carbonyl (C=O) groups is 1. The van der Waals surface area contributed by atoms with Crippen LogP contribution in [0, 0.1) is 0 Å². The maximum atomic E-state index is 12.0. The first-order valence-electron chi connectivity index (χ1n) is 8.58. The number of aliphatic hydroxyl groups is 3. The summed E-state index contributed by atoms with van der Waals surface area (Å²) in [6.07, 6.45) is -2.73. The van der Waals surface area contributed by atoms with Crippen LogP contribution in [0.1, 0.15) is 33.4 Å². The van der Waals surface area contributed by atoms with Crippen molar-refractivity contribution in [2.45, 2.75) is 62.8 Å². The largest absolute Gasteiger partial charge is 0.444 e. The van der Waals surface area contributed by atoms with Crippen LogP contribution in [0.25, 0.3) is 5.52 Å². The fourth-order valence-electron chi connectivity index (χ4n) is 3.60. The predicted octanol–water partition coefficient (Wildman–Crippen LogP) is 0.157. The van der Waals surface area contributed by atoms with E-state index in [9.17, 15) is 20.1 Å². The minimum absolute atomic E-state index is 0.227. The van der Waals surface area contributed by atoms with Crippen molar-refractivity contribution in [2.75, 3.05) is 5.32 Å². The Morgan fingerprint density at radius 2 is 2.07 bits per heavy atom. The molecule has 0 radical (unpaired) electrons. The molecule has 5 atom stereocenters. The number of hydrogen-bond donors (Lipinski definition) is 4. The van der Waals surface area contributed by atoms with Gasteiger partial charge in [-0.25, -0.2) is 14.3 Å². The first-order valence-corrected chi connectivity index (χ1v) is 8.58. The molecule has 1 aliphatic heterocycles. The predicted molar refractivity (Wildman–Crippen MR) is 92.0 cm³/mol. The zero-order valence-electron chi connectivity index (χ0n) is 15.4. The summed E-state index contributed by atoms with van der Waals surface area (Å²) in [5, 5.41) is 37.4. The minimum atomic E-state index is -1.69. The third-order valence-electron chi connectivity index (χ3n) is 5.02. The molecule has 10 heteroatoms. The van der Waals surface area contributed by atoms with Crippen molar-refractivity contribution in [2.24, 2.45) is 0 Å². The van der Waals surface area contributed by atoms with E-state index < -0.39 is 41.2 Å². The molecule has 0 aromatic carbocycles. The van der Waals surface area contributed by atoms with E-state index in [2.05, 4.69) is 15.4 Å². The van der Waals surface area contributed by atoms with Gasteiger partial charge in [0.15, 0.2) is 11.4 Å². The zero-order valence-corrected chi connectivity index (χ0v) is 15.4. The molecule has 146 valence electrons. The van der Waals surface area contributed by atoms with Gasteiger partial charge in [-0.2, -0.15) is 5.10 Å². The van der Waals surface area contributed by atoms with Gasteiger partial charge < -0.3 is 24.8 Å². The van der Waals surface area contributed by atoms with E-state index >= 15 is 0 Å². The van der Waals surface area contributed by atoms with Crippen LogP contribution >= 0.6 is 0 Å². The maximum Gasteiger partial charge on any atom is 0.413 e. The lowest BCUT2D eigenvalue weighted by atomic mass is 9.91. The van der Waals surface area contributed by atoms with Crippen LogP contribution in [0.3, 0.4) is 0 Å². The Bertz CT molecular complexity index is 924. The Labute approximate surface area is 154 Å². The van der Waals surface area contributed by atoms with E-state index in [-0.39, 0.29) is 5.82 Å². The summed E-state index contributed by atoms with van der Waals surface area (Å²) in [7, 11) is 0. The molecular weight excluding hydrogens is 356 g/mol. The molecule has 4 N–H and O–H groups in total. The van der Waals surface area contributed by atoms with Crippen LogP contribution in [-0.2, 0) is 15.1 Å². The summed E-state index contributed by atoms with van der Waals surface area (Å²) >= 11 is 0. The SMILES string of the molecule is CC(C)(C)OC(=O)Nc1ncnn2c([C@]3(C)O[C@@H]4C(O)[C@]4(O)[C@H]3O)ccc12. The summed E-state index contributed by atoms with van der Waals surface area (Å²) < 4.78 is 12.4. The average molecular weight is 378 g/mol. The van der Waals surface area contributed by atoms with Gasteiger partial charge in [0.25, 0.3) is 0 Å². The van der Waals surface area contributed by atoms with Gasteiger partial charge in [-0.1, -0.05) is 0 Å². The molecule has 3 heterocycles. The molecule has 1 amide bonds. The molecule has 10 nitrogen and oxygen atoms in total. The molecule has 2 aromatic rings. The number of ether oxygens (including phenoxy) is 2. The van der Waals surface area contributed by atoms with E-state index in [0.29, 0.717) is 11.2 Å². The maximum absolute atomic E-state index is 12.0. The van der Waals surface area contributed by atoms with Crippen LogP contribution in [0.5, 0.6) is 0 Å². The molecule has 2 aliphatic rings. The number of carbonyl (C=O) groups excluding carboxylic acids is 1. The number of rotatable bonds is 2. The van der Waals surface area contributed by atoms with E-state index in [0.717, 1.165) is 0 Å². The number of nitrogens with one attached hydrogen (secondary N) is 1. The Kier molecular flexibility index (Phi) is 3.61. The van der Waals surface area contributed by atoms with Gasteiger partial charge in [-0.05, 0) is 39.8 Å². The van der Waals surface area contributed by atoms with Gasteiger partial charge in [0.1, 0.15) is 41.4 Å². The van der Waals surface area contributed by atoms with Gasteiger partial charge in [-0.15, -0.1) is 0 Å². The standard InChI is InChI=1S/C17H22N4O6/c1-15(2,3)27-14(24)20-12-8-5-6-9(21(8)19-7-18-12)16(4)13(23)17(25)10(22)11(17)26-16/h5-7,10-11,13,22-23,25H,1-4H3,(H,18,19,20,24)/t10?,11-,13+,16+,17-/m1/s1. The second-order valence-electron chi connectivity index (χ2n) is 8.13. The smallest absolute Gasteiger partial charge is 0.413 e. The van der Waals surface area contributed by atoms with E-state index in [1.807, 2.05) is 0 Å². The van der Waals surface area contributed by atoms with Crippen LogP contribution in [0.15, 0.2) is 18.5 Å². The highest BCUT2D eigenvalue weighted by atomic mass is 16.6. The van der Waals surface area contributed by atoms with E-state index in [4.69, 9.17) is 9.47 Å². The average Bonchev–Trinajstić information content (AvgIpc) is 2.90. The number of hydrogen-bond acceptors (Lipinski definition) is 8. The Balaban J connectivity index is 1.67. The molecule has 2 fully saturated rings. The molecule has 1 unspecified atom stereocenters. The molecular formula is C17H22N4O6. The fraction of sp³-hybridized carbons (Fsp3) is 0.588.